The minimum absolute atomic E-state index is 1.22. The number of unbranched alkanes of at least 4 members (excludes halogenated alkanes) is 31. The van der Waals surface area contributed by atoms with Gasteiger partial charge in [0.25, 0.3) is 5.82 Å². The standard InChI is InChI=1S/C43H85N2/c1-4-7-10-13-15-17-19-21-23-24-25-27-29-31-33-35-38-43-44(39-36-12-9-6-3)41-42-45(43)40-37-34-32-30-28-26-22-20-18-16-14-11-8-5-2/h41-42H,4-40H2,1-3H3/q+1. The second kappa shape index (κ2) is 34.5. The first-order valence-electron chi connectivity index (χ1n) is 21.4. The van der Waals surface area contributed by atoms with Crippen molar-refractivity contribution in [3.8, 4) is 0 Å². The first-order chi connectivity index (χ1) is 22.3. The van der Waals surface area contributed by atoms with Crippen molar-refractivity contribution in [2.45, 2.75) is 259 Å². The van der Waals surface area contributed by atoms with Gasteiger partial charge in [0.2, 0.25) is 0 Å². The van der Waals surface area contributed by atoms with E-state index >= 15 is 0 Å². The van der Waals surface area contributed by atoms with E-state index in [0.29, 0.717) is 0 Å². The van der Waals surface area contributed by atoms with Crippen molar-refractivity contribution in [3.05, 3.63) is 18.2 Å². The summed E-state index contributed by atoms with van der Waals surface area (Å²) in [6.07, 6.45) is 54.9. The van der Waals surface area contributed by atoms with E-state index in [1.165, 1.54) is 238 Å². The van der Waals surface area contributed by atoms with Gasteiger partial charge in [-0.05, 0) is 32.1 Å². The minimum atomic E-state index is 1.22. The van der Waals surface area contributed by atoms with Gasteiger partial charge in [0.1, 0.15) is 12.4 Å². The summed E-state index contributed by atoms with van der Waals surface area (Å²) in [5.41, 5.74) is 0. The maximum Gasteiger partial charge on any atom is 0.256 e. The van der Waals surface area contributed by atoms with Crippen molar-refractivity contribution in [1.82, 2.24) is 4.57 Å². The quantitative estimate of drug-likeness (QED) is 0.0511. The van der Waals surface area contributed by atoms with Crippen molar-refractivity contribution in [3.63, 3.8) is 0 Å². The third-order valence-corrected chi connectivity index (χ3v) is 10.3. The molecule has 0 aliphatic carbocycles. The van der Waals surface area contributed by atoms with Crippen LogP contribution >= 0.6 is 0 Å². The van der Waals surface area contributed by atoms with E-state index in [4.69, 9.17) is 0 Å². The highest BCUT2D eigenvalue weighted by Gasteiger charge is 2.16. The summed E-state index contributed by atoms with van der Waals surface area (Å²) >= 11 is 0. The fourth-order valence-corrected chi connectivity index (χ4v) is 7.21. The zero-order chi connectivity index (χ0) is 32.3. The molecule has 1 heterocycles. The maximum absolute atomic E-state index is 2.63. The molecule has 0 fully saturated rings. The summed E-state index contributed by atoms with van der Waals surface area (Å²) in [4.78, 5) is 0. The Kier molecular flexibility index (Phi) is 32.4. The van der Waals surface area contributed by atoms with Gasteiger partial charge in [0.15, 0.2) is 0 Å². The van der Waals surface area contributed by atoms with Gasteiger partial charge < -0.3 is 0 Å². The number of hydrogen-bond acceptors (Lipinski definition) is 0. The van der Waals surface area contributed by atoms with Crippen LogP contribution in [-0.4, -0.2) is 4.57 Å². The number of hydrogen-bond donors (Lipinski definition) is 0. The molecule has 0 aliphatic rings. The van der Waals surface area contributed by atoms with Gasteiger partial charge in [-0.15, -0.1) is 0 Å². The lowest BCUT2D eigenvalue weighted by atomic mass is 10.0. The van der Waals surface area contributed by atoms with Crippen LogP contribution in [0.5, 0.6) is 0 Å². The summed E-state index contributed by atoms with van der Waals surface area (Å²) in [6, 6.07) is 0. The van der Waals surface area contributed by atoms with Crippen molar-refractivity contribution in [2.24, 2.45) is 0 Å². The van der Waals surface area contributed by atoms with Crippen molar-refractivity contribution in [1.29, 1.82) is 0 Å². The molecule has 0 unspecified atom stereocenters. The molecule has 0 aromatic carbocycles. The number of aryl methyl sites for hydroxylation is 2. The molecule has 1 rings (SSSR count). The second-order valence-corrected chi connectivity index (χ2v) is 14.8. The monoisotopic (exact) mass is 630 g/mol. The third-order valence-electron chi connectivity index (χ3n) is 10.3. The lowest BCUT2D eigenvalue weighted by Gasteiger charge is -2.07. The summed E-state index contributed by atoms with van der Waals surface area (Å²) in [5, 5.41) is 0. The van der Waals surface area contributed by atoms with E-state index in [-0.39, 0.29) is 0 Å². The Morgan fingerprint density at radius 3 is 1.07 bits per heavy atom. The van der Waals surface area contributed by atoms with Crippen molar-refractivity contribution < 1.29 is 4.57 Å². The van der Waals surface area contributed by atoms with Crippen LogP contribution in [-0.2, 0) is 19.5 Å². The smallest absolute Gasteiger partial charge is 0.234 e. The molecule has 0 atom stereocenters. The molecule has 0 N–H and O–H groups in total. The largest absolute Gasteiger partial charge is 0.256 e. The zero-order valence-corrected chi connectivity index (χ0v) is 31.7. The minimum Gasteiger partial charge on any atom is -0.234 e. The van der Waals surface area contributed by atoms with E-state index in [1.54, 1.807) is 5.82 Å². The fourth-order valence-electron chi connectivity index (χ4n) is 7.21. The number of imidazole rings is 1. The zero-order valence-electron chi connectivity index (χ0n) is 31.7. The number of aromatic nitrogens is 2. The Morgan fingerprint density at radius 1 is 0.378 bits per heavy atom. The van der Waals surface area contributed by atoms with Gasteiger partial charge in [0, 0.05) is 6.42 Å². The van der Waals surface area contributed by atoms with Gasteiger partial charge in [-0.1, -0.05) is 207 Å². The number of rotatable bonds is 37. The molecule has 0 saturated carbocycles. The van der Waals surface area contributed by atoms with E-state index in [2.05, 4.69) is 42.3 Å². The highest BCUT2D eigenvalue weighted by atomic mass is 15.1. The van der Waals surface area contributed by atoms with Crippen LogP contribution in [0.25, 0.3) is 0 Å². The molecule has 45 heavy (non-hydrogen) atoms. The molecule has 0 aliphatic heterocycles. The SMILES string of the molecule is CCCCCCCCCCCCCCCCCCc1n(CCCCCC)cc[n+]1CCCCCCCCCCCCCCCC. The maximum atomic E-state index is 2.63. The average molecular weight is 630 g/mol. The highest BCUT2D eigenvalue weighted by molar-refractivity contribution is 4.84. The first kappa shape index (κ1) is 42.2. The molecule has 1 aromatic rings. The normalized spacial score (nSPS) is 11.6. The Balaban J connectivity index is 2.14. The van der Waals surface area contributed by atoms with E-state index in [1.807, 2.05) is 0 Å². The van der Waals surface area contributed by atoms with Crippen LogP contribution in [0, 0.1) is 0 Å². The molecule has 0 bridgehead atoms. The van der Waals surface area contributed by atoms with Crippen LogP contribution in [0.3, 0.4) is 0 Å². The van der Waals surface area contributed by atoms with Crippen LogP contribution in [0.1, 0.15) is 245 Å². The van der Waals surface area contributed by atoms with Gasteiger partial charge >= 0.3 is 0 Å². The molecule has 0 amide bonds. The molecule has 2 heteroatoms. The van der Waals surface area contributed by atoms with Crippen LogP contribution < -0.4 is 4.57 Å². The second-order valence-electron chi connectivity index (χ2n) is 14.8. The van der Waals surface area contributed by atoms with Gasteiger partial charge in [0.05, 0.1) is 13.1 Å². The van der Waals surface area contributed by atoms with Gasteiger partial charge in [-0.3, -0.25) is 0 Å². The van der Waals surface area contributed by atoms with Crippen LogP contribution in [0.15, 0.2) is 12.4 Å². The van der Waals surface area contributed by atoms with E-state index in [0.717, 1.165) is 0 Å². The molecule has 1 aromatic heterocycles. The van der Waals surface area contributed by atoms with E-state index in [9.17, 15) is 0 Å². The summed E-state index contributed by atoms with van der Waals surface area (Å²) in [7, 11) is 0. The molecular weight excluding hydrogens is 544 g/mol. The average Bonchev–Trinajstić information content (AvgIpc) is 3.44. The lowest BCUT2D eigenvalue weighted by molar-refractivity contribution is -0.704. The molecule has 0 saturated heterocycles. The summed E-state index contributed by atoms with van der Waals surface area (Å²) < 4.78 is 5.25. The third kappa shape index (κ3) is 26.9. The Hall–Kier alpha value is -0.790. The number of nitrogens with zero attached hydrogens (tertiary/aromatic N) is 2. The molecule has 266 valence electrons. The molecule has 0 spiro atoms. The summed E-state index contributed by atoms with van der Waals surface area (Å²) in [6.45, 7) is 9.40. The Labute approximate surface area is 285 Å². The molecule has 0 radical (unpaired) electrons. The van der Waals surface area contributed by atoms with E-state index < -0.39 is 0 Å². The Morgan fingerprint density at radius 2 is 0.689 bits per heavy atom. The lowest BCUT2D eigenvalue weighted by Crippen LogP contribution is -2.37. The van der Waals surface area contributed by atoms with Crippen molar-refractivity contribution in [2.75, 3.05) is 0 Å². The highest BCUT2D eigenvalue weighted by Crippen LogP contribution is 2.16. The van der Waals surface area contributed by atoms with Crippen LogP contribution in [0.4, 0.5) is 0 Å². The van der Waals surface area contributed by atoms with Gasteiger partial charge in [-0.2, -0.15) is 0 Å². The van der Waals surface area contributed by atoms with Gasteiger partial charge in [-0.25, -0.2) is 9.13 Å². The van der Waals surface area contributed by atoms with Crippen LogP contribution in [0.2, 0.25) is 0 Å². The predicted molar refractivity (Wildman–Crippen MR) is 202 cm³/mol. The fraction of sp³-hybridized carbons (Fsp3) is 0.930. The topological polar surface area (TPSA) is 8.81 Å². The van der Waals surface area contributed by atoms with Crippen molar-refractivity contribution >= 4 is 0 Å². The molecular formula is C43H85N2+. The molecule has 2 nitrogen and oxygen atoms in total. The Bertz CT molecular complexity index is 692. The predicted octanol–water partition coefficient (Wildman–Crippen LogP) is 14.6. The summed E-state index contributed by atoms with van der Waals surface area (Å²) in [5.74, 6) is 1.62. The first-order valence-corrected chi connectivity index (χ1v) is 21.4.